The highest BCUT2D eigenvalue weighted by Crippen LogP contribution is 2.13. The first-order valence-electron chi connectivity index (χ1n) is 5.76. The van der Waals surface area contributed by atoms with Crippen LogP contribution in [-0.2, 0) is 6.54 Å². The van der Waals surface area contributed by atoms with Crippen LogP contribution in [0.5, 0.6) is 5.88 Å². The largest absolute Gasteiger partial charge is 0.478 e. The van der Waals surface area contributed by atoms with Gasteiger partial charge in [0.05, 0.1) is 12.8 Å². The van der Waals surface area contributed by atoms with E-state index in [9.17, 15) is 0 Å². The maximum Gasteiger partial charge on any atom is 0.218 e. The van der Waals surface area contributed by atoms with Crippen LogP contribution in [0.1, 0.15) is 18.9 Å². The van der Waals surface area contributed by atoms with Gasteiger partial charge in [-0.25, -0.2) is 9.97 Å². The number of aromatic amines is 1. The Balaban J connectivity index is 1.95. The molecule has 18 heavy (non-hydrogen) atoms. The van der Waals surface area contributed by atoms with E-state index >= 15 is 0 Å². The van der Waals surface area contributed by atoms with Crippen LogP contribution in [0, 0.1) is 0 Å². The van der Waals surface area contributed by atoms with Gasteiger partial charge in [0.15, 0.2) is 0 Å². The van der Waals surface area contributed by atoms with Crippen LogP contribution in [0.15, 0.2) is 18.6 Å². The molecule has 0 spiro atoms. The highest BCUT2D eigenvalue weighted by molar-refractivity contribution is 5.42. The van der Waals surface area contributed by atoms with Crippen molar-refractivity contribution in [3.05, 3.63) is 24.2 Å². The number of hydrogen-bond donors (Lipinski definition) is 3. The number of nitrogens with zero attached hydrogens (tertiary/aromatic N) is 3. The van der Waals surface area contributed by atoms with Crippen molar-refractivity contribution in [2.24, 2.45) is 0 Å². The highest BCUT2D eigenvalue weighted by atomic mass is 16.5. The van der Waals surface area contributed by atoms with E-state index < -0.39 is 0 Å². The van der Waals surface area contributed by atoms with Crippen molar-refractivity contribution in [1.29, 1.82) is 0 Å². The molecule has 0 unspecified atom stereocenters. The maximum atomic E-state index is 5.68. The number of ether oxygens (including phenoxy) is 1. The molecule has 0 aliphatic heterocycles. The molecule has 0 saturated carbocycles. The van der Waals surface area contributed by atoms with Gasteiger partial charge in [-0.15, -0.1) is 0 Å². The fourth-order valence-corrected chi connectivity index (χ4v) is 1.37. The van der Waals surface area contributed by atoms with E-state index in [4.69, 9.17) is 10.5 Å². The first-order chi connectivity index (χ1) is 8.79. The van der Waals surface area contributed by atoms with Gasteiger partial charge in [-0.2, -0.15) is 5.10 Å². The highest BCUT2D eigenvalue weighted by Gasteiger charge is 2.03. The van der Waals surface area contributed by atoms with E-state index in [1.54, 1.807) is 12.3 Å². The van der Waals surface area contributed by atoms with Gasteiger partial charge in [-0.3, -0.25) is 5.10 Å². The molecule has 0 amide bonds. The van der Waals surface area contributed by atoms with Gasteiger partial charge in [0.1, 0.15) is 18.0 Å². The minimum absolute atomic E-state index is 0.548. The van der Waals surface area contributed by atoms with Gasteiger partial charge >= 0.3 is 0 Å². The number of nitrogens with two attached hydrogens (primary N) is 1. The van der Waals surface area contributed by atoms with Crippen LogP contribution in [0.4, 0.5) is 11.6 Å². The number of H-pyrrole nitrogens is 1. The monoisotopic (exact) mass is 248 g/mol. The molecule has 2 aromatic heterocycles. The van der Waals surface area contributed by atoms with E-state index in [0.29, 0.717) is 30.7 Å². The zero-order chi connectivity index (χ0) is 12.8. The van der Waals surface area contributed by atoms with Crippen LogP contribution in [-0.4, -0.2) is 26.8 Å². The zero-order valence-electron chi connectivity index (χ0n) is 10.2. The third-order valence-corrected chi connectivity index (χ3v) is 2.31. The second kappa shape index (κ2) is 5.85. The number of nitrogens with one attached hydrogen (secondary N) is 2. The fourth-order valence-electron chi connectivity index (χ4n) is 1.37. The van der Waals surface area contributed by atoms with Crippen molar-refractivity contribution in [2.75, 3.05) is 17.7 Å². The SMILES string of the molecule is CCCOc1cc(NCc2cn[nH]c2N)ncn1. The molecule has 0 fully saturated rings. The topological polar surface area (TPSA) is 102 Å². The van der Waals surface area contributed by atoms with E-state index in [1.807, 2.05) is 6.92 Å². The average Bonchev–Trinajstić information content (AvgIpc) is 2.80. The normalized spacial score (nSPS) is 10.3. The van der Waals surface area contributed by atoms with E-state index in [2.05, 4.69) is 25.5 Å². The van der Waals surface area contributed by atoms with Crippen LogP contribution in [0.2, 0.25) is 0 Å². The molecule has 2 heterocycles. The van der Waals surface area contributed by atoms with Gasteiger partial charge < -0.3 is 15.8 Å². The summed E-state index contributed by atoms with van der Waals surface area (Å²) in [5.41, 5.74) is 6.58. The second-order valence-corrected chi connectivity index (χ2v) is 3.75. The predicted octanol–water partition coefficient (Wildman–Crippen LogP) is 1.18. The van der Waals surface area contributed by atoms with E-state index in [-0.39, 0.29) is 0 Å². The molecule has 0 aliphatic rings. The minimum atomic E-state index is 0.548. The summed E-state index contributed by atoms with van der Waals surface area (Å²) in [5, 5.41) is 9.65. The molecule has 0 radical (unpaired) electrons. The third kappa shape index (κ3) is 3.09. The Labute approximate surface area is 105 Å². The van der Waals surface area contributed by atoms with Gasteiger partial charge in [0.2, 0.25) is 5.88 Å². The fraction of sp³-hybridized carbons (Fsp3) is 0.364. The van der Waals surface area contributed by atoms with Gasteiger partial charge in [0, 0.05) is 18.2 Å². The molecule has 2 rings (SSSR count). The Hall–Kier alpha value is -2.31. The maximum absolute atomic E-state index is 5.68. The molecule has 0 aromatic carbocycles. The number of anilines is 2. The summed E-state index contributed by atoms with van der Waals surface area (Å²) in [4.78, 5) is 8.13. The summed E-state index contributed by atoms with van der Waals surface area (Å²) in [6, 6.07) is 1.76. The lowest BCUT2D eigenvalue weighted by molar-refractivity contribution is 0.305. The van der Waals surface area contributed by atoms with Crippen molar-refractivity contribution in [3.8, 4) is 5.88 Å². The standard InChI is InChI=1S/C11H16N6O/c1-2-3-18-10-4-9(14-7-15-10)13-5-8-6-16-17-11(8)12/h4,6-7H,2-3,5H2,1H3,(H3,12,16,17)(H,13,14,15). The quantitative estimate of drug-likeness (QED) is 0.709. The smallest absolute Gasteiger partial charge is 0.218 e. The summed E-state index contributed by atoms with van der Waals surface area (Å²) >= 11 is 0. The summed E-state index contributed by atoms with van der Waals surface area (Å²) in [5.74, 6) is 1.81. The molecule has 0 atom stereocenters. The Morgan fingerprint density at radius 2 is 2.33 bits per heavy atom. The zero-order valence-corrected chi connectivity index (χ0v) is 10.2. The van der Waals surface area contributed by atoms with Crippen molar-refractivity contribution in [1.82, 2.24) is 20.2 Å². The minimum Gasteiger partial charge on any atom is -0.478 e. The number of nitrogen functional groups attached to an aromatic ring is 1. The van der Waals surface area contributed by atoms with Gasteiger partial charge in [0.25, 0.3) is 0 Å². The molecular formula is C11H16N6O. The number of hydrogen-bond acceptors (Lipinski definition) is 6. The lowest BCUT2D eigenvalue weighted by atomic mass is 10.3. The first-order valence-corrected chi connectivity index (χ1v) is 5.76. The summed E-state index contributed by atoms with van der Waals surface area (Å²) in [6.45, 7) is 3.24. The van der Waals surface area contributed by atoms with E-state index in [0.717, 1.165) is 12.0 Å². The predicted molar refractivity (Wildman–Crippen MR) is 68.1 cm³/mol. The van der Waals surface area contributed by atoms with Crippen molar-refractivity contribution >= 4 is 11.6 Å². The van der Waals surface area contributed by atoms with Crippen LogP contribution < -0.4 is 15.8 Å². The first kappa shape index (κ1) is 12.2. The summed E-state index contributed by atoms with van der Waals surface area (Å²) < 4.78 is 5.42. The van der Waals surface area contributed by atoms with Crippen molar-refractivity contribution in [3.63, 3.8) is 0 Å². The summed E-state index contributed by atoms with van der Waals surface area (Å²) in [7, 11) is 0. The second-order valence-electron chi connectivity index (χ2n) is 3.75. The number of aromatic nitrogens is 4. The van der Waals surface area contributed by atoms with Crippen LogP contribution in [0.3, 0.4) is 0 Å². The summed E-state index contributed by atoms with van der Waals surface area (Å²) in [6.07, 6.45) is 4.09. The molecule has 0 aliphatic carbocycles. The number of rotatable bonds is 6. The lowest BCUT2D eigenvalue weighted by Crippen LogP contribution is -2.04. The van der Waals surface area contributed by atoms with E-state index in [1.165, 1.54) is 6.33 Å². The molecule has 2 aromatic rings. The lowest BCUT2D eigenvalue weighted by Gasteiger charge is -2.07. The van der Waals surface area contributed by atoms with Gasteiger partial charge in [-0.05, 0) is 6.42 Å². The molecular weight excluding hydrogens is 232 g/mol. The van der Waals surface area contributed by atoms with Crippen LogP contribution in [0.25, 0.3) is 0 Å². The molecule has 0 bridgehead atoms. The van der Waals surface area contributed by atoms with Crippen LogP contribution >= 0.6 is 0 Å². The Morgan fingerprint density at radius 3 is 3.06 bits per heavy atom. The molecule has 4 N–H and O–H groups in total. The van der Waals surface area contributed by atoms with Crippen molar-refractivity contribution < 1.29 is 4.74 Å². The third-order valence-electron chi connectivity index (χ3n) is 2.31. The molecule has 0 saturated heterocycles. The molecule has 7 nitrogen and oxygen atoms in total. The Bertz CT molecular complexity index is 498. The average molecular weight is 248 g/mol. The Morgan fingerprint density at radius 1 is 1.44 bits per heavy atom. The Kier molecular flexibility index (Phi) is 3.95. The molecule has 7 heteroatoms. The molecule has 96 valence electrons. The van der Waals surface area contributed by atoms with Crippen molar-refractivity contribution in [2.45, 2.75) is 19.9 Å². The van der Waals surface area contributed by atoms with Gasteiger partial charge in [-0.1, -0.05) is 6.92 Å².